The summed E-state index contributed by atoms with van der Waals surface area (Å²) in [5, 5.41) is 8.94. The van der Waals surface area contributed by atoms with E-state index in [0.29, 0.717) is 4.34 Å². The zero-order valence-corrected chi connectivity index (χ0v) is 8.89. The van der Waals surface area contributed by atoms with Crippen molar-refractivity contribution in [2.24, 2.45) is 5.73 Å². The van der Waals surface area contributed by atoms with Gasteiger partial charge < -0.3 is 5.73 Å². The van der Waals surface area contributed by atoms with Crippen molar-refractivity contribution in [2.75, 3.05) is 0 Å². The minimum atomic E-state index is -0.847. The van der Waals surface area contributed by atoms with Crippen molar-refractivity contribution >= 4 is 35.0 Å². The van der Waals surface area contributed by atoms with Gasteiger partial charge in [0.15, 0.2) is 4.34 Å². The van der Waals surface area contributed by atoms with Gasteiger partial charge in [0.25, 0.3) is 0 Å². The van der Waals surface area contributed by atoms with E-state index in [4.69, 9.17) is 5.73 Å². The summed E-state index contributed by atoms with van der Waals surface area (Å²) in [5.41, 5.74) is 6.37. The number of nitrogens with zero attached hydrogens (tertiary/aromatic N) is 2. The average molecular weight is 232 g/mol. The topological polar surface area (TPSA) is 98.0 Å². The number of hydrogen-bond donors (Lipinski definition) is 2. The molecule has 0 fully saturated rings. The molecule has 6 nitrogen and oxygen atoms in total. The van der Waals surface area contributed by atoms with Crippen LogP contribution in [0, 0.1) is 0 Å². The van der Waals surface area contributed by atoms with Crippen LogP contribution in [0.1, 0.15) is 6.92 Å². The van der Waals surface area contributed by atoms with E-state index in [0.717, 1.165) is 0 Å². The summed E-state index contributed by atoms with van der Waals surface area (Å²) in [4.78, 5) is 21.6. The van der Waals surface area contributed by atoms with Gasteiger partial charge in [-0.25, -0.2) is 4.79 Å². The van der Waals surface area contributed by atoms with Crippen molar-refractivity contribution in [3.05, 3.63) is 5.51 Å². The Labute approximate surface area is 88.3 Å². The fourth-order valence-electron chi connectivity index (χ4n) is 0.642. The number of urea groups is 1. The molecule has 0 aromatic carbocycles. The van der Waals surface area contributed by atoms with Crippen LogP contribution in [-0.4, -0.2) is 27.4 Å². The highest BCUT2D eigenvalue weighted by Crippen LogP contribution is 2.23. The second-order valence-corrected chi connectivity index (χ2v) is 4.74. The lowest BCUT2D eigenvalue weighted by atomic mass is 10.4. The van der Waals surface area contributed by atoms with Crippen molar-refractivity contribution < 1.29 is 9.59 Å². The van der Waals surface area contributed by atoms with Crippen LogP contribution < -0.4 is 11.1 Å². The molecule has 0 spiro atoms. The van der Waals surface area contributed by atoms with Gasteiger partial charge in [-0.3, -0.25) is 10.1 Å². The van der Waals surface area contributed by atoms with Gasteiger partial charge in [-0.2, -0.15) is 0 Å². The molecular formula is C6H8N4O2S2. The molecule has 1 rings (SSSR count). The third-order valence-electron chi connectivity index (χ3n) is 1.23. The van der Waals surface area contributed by atoms with E-state index < -0.39 is 17.2 Å². The Morgan fingerprint density at radius 3 is 2.93 bits per heavy atom. The molecule has 0 saturated heterocycles. The number of hydrogen-bond acceptors (Lipinski definition) is 6. The summed E-state index contributed by atoms with van der Waals surface area (Å²) >= 11 is 2.56. The highest BCUT2D eigenvalue weighted by Gasteiger charge is 2.16. The summed E-state index contributed by atoms with van der Waals surface area (Å²) < 4.78 is 0.678. The van der Waals surface area contributed by atoms with Crippen molar-refractivity contribution in [1.82, 2.24) is 15.5 Å². The van der Waals surface area contributed by atoms with Gasteiger partial charge in [0.1, 0.15) is 5.51 Å². The molecule has 0 aliphatic heterocycles. The second-order valence-electron chi connectivity index (χ2n) is 2.32. The fourth-order valence-corrected chi connectivity index (χ4v) is 2.27. The van der Waals surface area contributed by atoms with Gasteiger partial charge in [-0.15, -0.1) is 10.2 Å². The zero-order valence-electron chi connectivity index (χ0n) is 7.26. The molecule has 0 saturated carbocycles. The first-order valence-electron chi connectivity index (χ1n) is 3.62. The second kappa shape index (κ2) is 4.91. The van der Waals surface area contributed by atoms with Gasteiger partial charge in [0.2, 0.25) is 5.91 Å². The molecule has 1 heterocycles. The lowest BCUT2D eigenvalue weighted by Gasteiger charge is -2.06. The normalized spacial score (nSPS) is 12.1. The number of carbonyl (C=O) groups excluding carboxylic acids is 2. The van der Waals surface area contributed by atoms with Crippen LogP contribution in [-0.2, 0) is 4.79 Å². The molecule has 14 heavy (non-hydrogen) atoms. The van der Waals surface area contributed by atoms with Crippen LogP contribution >= 0.6 is 23.1 Å². The molecule has 76 valence electrons. The molecular weight excluding hydrogens is 224 g/mol. The Bertz CT molecular complexity index is 327. The lowest BCUT2D eigenvalue weighted by Crippen LogP contribution is -2.39. The minimum Gasteiger partial charge on any atom is -0.351 e. The largest absolute Gasteiger partial charge is 0.351 e. The molecule has 8 heteroatoms. The SMILES string of the molecule is C[C@H](Sc1nncs1)C(=O)NC(N)=O. The fraction of sp³-hybridized carbons (Fsp3) is 0.333. The smallest absolute Gasteiger partial charge is 0.318 e. The van der Waals surface area contributed by atoms with Crippen LogP contribution in [0.4, 0.5) is 4.79 Å². The first-order chi connectivity index (χ1) is 6.59. The van der Waals surface area contributed by atoms with E-state index in [2.05, 4.69) is 10.2 Å². The number of nitrogens with one attached hydrogen (secondary N) is 1. The zero-order chi connectivity index (χ0) is 10.6. The quantitative estimate of drug-likeness (QED) is 0.726. The van der Waals surface area contributed by atoms with Crippen LogP contribution in [0.5, 0.6) is 0 Å². The number of thioether (sulfide) groups is 1. The molecule has 0 bridgehead atoms. The Morgan fingerprint density at radius 1 is 1.71 bits per heavy atom. The molecule has 0 unspecified atom stereocenters. The molecule has 0 aliphatic carbocycles. The number of rotatable bonds is 3. The maximum absolute atomic E-state index is 11.2. The number of imide groups is 1. The van der Waals surface area contributed by atoms with Crippen LogP contribution in [0.25, 0.3) is 0 Å². The first-order valence-corrected chi connectivity index (χ1v) is 5.38. The Balaban J connectivity index is 2.46. The molecule has 3 amide bonds. The Morgan fingerprint density at radius 2 is 2.43 bits per heavy atom. The first kappa shape index (κ1) is 10.9. The maximum atomic E-state index is 11.2. The van der Waals surface area contributed by atoms with Crippen molar-refractivity contribution in [1.29, 1.82) is 0 Å². The van der Waals surface area contributed by atoms with Crippen LogP contribution in [0.2, 0.25) is 0 Å². The molecule has 0 radical (unpaired) electrons. The third-order valence-corrected chi connectivity index (χ3v) is 3.14. The Hall–Kier alpha value is -1.15. The van der Waals surface area contributed by atoms with Crippen LogP contribution in [0.3, 0.4) is 0 Å². The summed E-state index contributed by atoms with van der Waals surface area (Å²) in [7, 11) is 0. The van der Waals surface area contributed by atoms with Crippen molar-refractivity contribution in [3.63, 3.8) is 0 Å². The highest BCUT2D eigenvalue weighted by atomic mass is 32.2. The highest BCUT2D eigenvalue weighted by molar-refractivity contribution is 8.02. The number of amides is 3. The van der Waals surface area contributed by atoms with Gasteiger partial charge in [0, 0.05) is 0 Å². The summed E-state index contributed by atoms with van der Waals surface area (Å²) in [6.07, 6.45) is 0. The maximum Gasteiger partial charge on any atom is 0.318 e. The molecule has 1 atom stereocenters. The number of primary amides is 1. The van der Waals surface area contributed by atoms with Crippen molar-refractivity contribution in [2.45, 2.75) is 16.5 Å². The number of carbonyl (C=O) groups is 2. The van der Waals surface area contributed by atoms with Gasteiger partial charge >= 0.3 is 6.03 Å². The van der Waals surface area contributed by atoms with E-state index in [1.165, 1.54) is 23.1 Å². The van der Waals surface area contributed by atoms with E-state index >= 15 is 0 Å². The van der Waals surface area contributed by atoms with Crippen LogP contribution in [0.15, 0.2) is 9.85 Å². The molecule has 1 aromatic rings. The average Bonchev–Trinajstić information content (AvgIpc) is 2.55. The van der Waals surface area contributed by atoms with Crippen molar-refractivity contribution in [3.8, 4) is 0 Å². The van der Waals surface area contributed by atoms with E-state index in [9.17, 15) is 9.59 Å². The van der Waals surface area contributed by atoms with Gasteiger partial charge in [-0.05, 0) is 6.92 Å². The number of nitrogens with two attached hydrogens (primary N) is 1. The number of aromatic nitrogens is 2. The standard InChI is InChI=1S/C6H8N4O2S2/c1-3(4(11)9-5(7)12)14-6-10-8-2-13-6/h2-3H,1H3,(H3,7,9,11,12)/t3-/m0/s1. The molecule has 1 aromatic heterocycles. The van der Waals surface area contributed by atoms with Gasteiger partial charge in [0.05, 0.1) is 5.25 Å². The molecule has 0 aliphatic rings. The minimum absolute atomic E-state index is 0.421. The monoisotopic (exact) mass is 232 g/mol. The lowest BCUT2D eigenvalue weighted by molar-refractivity contribution is -0.119. The van der Waals surface area contributed by atoms with E-state index in [1.807, 2.05) is 5.32 Å². The van der Waals surface area contributed by atoms with E-state index in [1.54, 1.807) is 12.4 Å². The summed E-state index contributed by atoms with van der Waals surface area (Å²) in [6, 6.07) is -0.847. The Kier molecular flexibility index (Phi) is 3.84. The van der Waals surface area contributed by atoms with Gasteiger partial charge in [-0.1, -0.05) is 23.1 Å². The molecule has 3 N–H and O–H groups in total. The third kappa shape index (κ3) is 3.30. The summed E-state index contributed by atoms with van der Waals surface area (Å²) in [5.74, 6) is -0.433. The summed E-state index contributed by atoms with van der Waals surface area (Å²) in [6.45, 7) is 1.66. The van der Waals surface area contributed by atoms with E-state index in [-0.39, 0.29) is 0 Å². The predicted octanol–water partition coefficient (Wildman–Crippen LogP) is 0.214. The predicted molar refractivity (Wildman–Crippen MR) is 53.0 cm³/mol.